The summed E-state index contributed by atoms with van der Waals surface area (Å²) in [5.41, 5.74) is 0. The van der Waals surface area contributed by atoms with Gasteiger partial charge in [0.2, 0.25) is 17.8 Å². The van der Waals surface area contributed by atoms with E-state index in [1.54, 1.807) is 4.68 Å². The molecule has 2 saturated carbocycles. The van der Waals surface area contributed by atoms with Gasteiger partial charge < -0.3 is 4.90 Å². The van der Waals surface area contributed by atoms with Crippen LogP contribution >= 0.6 is 0 Å². The molecule has 8 heteroatoms. The van der Waals surface area contributed by atoms with E-state index in [0.29, 0.717) is 31.0 Å². The summed E-state index contributed by atoms with van der Waals surface area (Å²) in [6.07, 6.45) is 8.15. The maximum absolute atomic E-state index is 12.5. The van der Waals surface area contributed by atoms with Gasteiger partial charge in [-0.25, -0.2) is 4.68 Å². The minimum Gasteiger partial charge on any atom is -0.339 e. The monoisotopic (exact) mass is 318 g/mol. The van der Waals surface area contributed by atoms with Crippen molar-refractivity contribution in [3.05, 3.63) is 0 Å². The highest BCUT2D eigenvalue weighted by molar-refractivity contribution is 5.96. The highest BCUT2D eigenvalue weighted by Gasteiger charge is 2.39. The maximum atomic E-state index is 12.5. The Morgan fingerprint density at radius 1 is 1.09 bits per heavy atom. The lowest BCUT2D eigenvalue weighted by Crippen LogP contribution is -2.38. The SMILES string of the molecule is O=C(Nc1nnnn1C1CC1)C1CC(=O)N(C2CCCCC2)C1. The Bertz CT molecular complexity index is 605. The summed E-state index contributed by atoms with van der Waals surface area (Å²) in [6.45, 7) is 0.528. The third-order valence-electron chi connectivity index (χ3n) is 5.17. The molecule has 1 saturated heterocycles. The van der Waals surface area contributed by atoms with Gasteiger partial charge in [0.1, 0.15) is 0 Å². The molecule has 0 aromatic carbocycles. The average molecular weight is 318 g/mol. The van der Waals surface area contributed by atoms with Crippen LogP contribution in [0.25, 0.3) is 0 Å². The van der Waals surface area contributed by atoms with Gasteiger partial charge in [0, 0.05) is 19.0 Å². The smallest absolute Gasteiger partial charge is 0.249 e. The molecule has 1 aliphatic heterocycles. The van der Waals surface area contributed by atoms with Crippen molar-refractivity contribution in [3.8, 4) is 0 Å². The molecule has 4 rings (SSSR count). The molecule has 2 heterocycles. The van der Waals surface area contributed by atoms with E-state index in [0.717, 1.165) is 25.7 Å². The maximum Gasteiger partial charge on any atom is 0.249 e. The van der Waals surface area contributed by atoms with Crippen LogP contribution in [0.5, 0.6) is 0 Å². The predicted molar refractivity (Wildman–Crippen MR) is 81.4 cm³/mol. The van der Waals surface area contributed by atoms with E-state index >= 15 is 0 Å². The van der Waals surface area contributed by atoms with E-state index in [9.17, 15) is 9.59 Å². The fourth-order valence-corrected chi connectivity index (χ4v) is 3.71. The van der Waals surface area contributed by atoms with Crippen LogP contribution in [0.3, 0.4) is 0 Å². The number of likely N-dealkylation sites (tertiary alicyclic amines) is 1. The molecular weight excluding hydrogens is 296 g/mol. The molecule has 124 valence electrons. The van der Waals surface area contributed by atoms with Crippen molar-refractivity contribution in [3.63, 3.8) is 0 Å². The molecule has 1 atom stereocenters. The normalized spacial score (nSPS) is 25.8. The van der Waals surface area contributed by atoms with Gasteiger partial charge in [0.05, 0.1) is 12.0 Å². The highest BCUT2D eigenvalue weighted by Crippen LogP contribution is 2.35. The molecule has 1 aromatic rings. The third-order valence-corrected chi connectivity index (χ3v) is 5.17. The number of carbonyl (C=O) groups excluding carboxylic acids is 2. The van der Waals surface area contributed by atoms with E-state index in [4.69, 9.17) is 0 Å². The topological polar surface area (TPSA) is 93.0 Å². The molecule has 23 heavy (non-hydrogen) atoms. The van der Waals surface area contributed by atoms with Crippen LogP contribution < -0.4 is 5.32 Å². The summed E-state index contributed by atoms with van der Waals surface area (Å²) in [6, 6.07) is 0.634. The number of anilines is 1. The number of nitrogens with zero attached hydrogens (tertiary/aromatic N) is 5. The van der Waals surface area contributed by atoms with Gasteiger partial charge in [-0.3, -0.25) is 14.9 Å². The Balaban J connectivity index is 1.39. The lowest BCUT2D eigenvalue weighted by atomic mass is 9.94. The van der Waals surface area contributed by atoms with Crippen LogP contribution in [0, 0.1) is 5.92 Å². The van der Waals surface area contributed by atoms with Crippen molar-refractivity contribution in [1.29, 1.82) is 0 Å². The van der Waals surface area contributed by atoms with Crippen molar-refractivity contribution in [2.24, 2.45) is 5.92 Å². The minimum atomic E-state index is -0.297. The highest BCUT2D eigenvalue weighted by atomic mass is 16.2. The second-order valence-corrected chi connectivity index (χ2v) is 6.91. The molecule has 0 spiro atoms. The molecule has 0 bridgehead atoms. The summed E-state index contributed by atoms with van der Waals surface area (Å²) in [5.74, 6) is 0.0713. The fourth-order valence-electron chi connectivity index (χ4n) is 3.71. The first kappa shape index (κ1) is 14.6. The summed E-state index contributed by atoms with van der Waals surface area (Å²) < 4.78 is 1.67. The number of carbonyl (C=O) groups is 2. The van der Waals surface area contributed by atoms with Crippen molar-refractivity contribution < 1.29 is 9.59 Å². The predicted octanol–water partition coefficient (Wildman–Crippen LogP) is 1.13. The zero-order valence-electron chi connectivity index (χ0n) is 13.1. The van der Waals surface area contributed by atoms with Gasteiger partial charge in [-0.2, -0.15) is 0 Å². The van der Waals surface area contributed by atoms with E-state index in [-0.39, 0.29) is 17.7 Å². The van der Waals surface area contributed by atoms with E-state index in [2.05, 4.69) is 20.8 Å². The van der Waals surface area contributed by atoms with Crippen LogP contribution in [0.2, 0.25) is 0 Å². The van der Waals surface area contributed by atoms with Crippen molar-refractivity contribution in [1.82, 2.24) is 25.1 Å². The molecule has 0 radical (unpaired) electrons. The Morgan fingerprint density at radius 3 is 2.61 bits per heavy atom. The van der Waals surface area contributed by atoms with E-state index < -0.39 is 0 Å². The second-order valence-electron chi connectivity index (χ2n) is 6.91. The van der Waals surface area contributed by atoms with Crippen LogP contribution in [0.1, 0.15) is 57.4 Å². The summed E-state index contributed by atoms with van der Waals surface area (Å²) >= 11 is 0. The molecule has 1 N–H and O–H groups in total. The van der Waals surface area contributed by atoms with Crippen molar-refractivity contribution in [2.45, 2.75) is 63.5 Å². The number of tetrazole rings is 1. The summed E-state index contributed by atoms with van der Waals surface area (Å²) in [7, 11) is 0. The third kappa shape index (κ3) is 2.94. The minimum absolute atomic E-state index is 0.110. The molecule has 3 fully saturated rings. The first-order valence-corrected chi connectivity index (χ1v) is 8.60. The Hall–Kier alpha value is -1.99. The Labute approximate surface area is 134 Å². The zero-order chi connectivity index (χ0) is 15.8. The average Bonchev–Trinajstić information content (AvgIpc) is 3.18. The largest absolute Gasteiger partial charge is 0.339 e. The van der Waals surface area contributed by atoms with Crippen LogP contribution in [-0.4, -0.2) is 49.5 Å². The van der Waals surface area contributed by atoms with Crippen molar-refractivity contribution >= 4 is 17.8 Å². The first-order valence-electron chi connectivity index (χ1n) is 8.60. The fraction of sp³-hybridized carbons (Fsp3) is 0.800. The van der Waals surface area contributed by atoms with Gasteiger partial charge >= 0.3 is 0 Å². The quantitative estimate of drug-likeness (QED) is 0.898. The first-order chi connectivity index (χ1) is 11.2. The molecule has 1 unspecified atom stereocenters. The van der Waals surface area contributed by atoms with Crippen molar-refractivity contribution in [2.75, 3.05) is 11.9 Å². The van der Waals surface area contributed by atoms with E-state index in [1.165, 1.54) is 19.3 Å². The van der Waals surface area contributed by atoms with Gasteiger partial charge in [0.15, 0.2) is 0 Å². The van der Waals surface area contributed by atoms with Gasteiger partial charge in [-0.15, -0.1) is 0 Å². The number of amides is 2. The number of aromatic nitrogens is 4. The van der Waals surface area contributed by atoms with E-state index in [1.807, 2.05) is 4.90 Å². The Kier molecular flexibility index (Phi) is 3.74. The number of nitrogens with one attached hydrogen (secondary N) is 1. The molecule has 2 aliphatic carbocycles. The van der Waals surface area contributed by atoms with Gasteiger partial charge in [0.25, 0.3) is 0 Å². The van der Waals surface area contributed by atoms with Crippen LogP contribution in [0.15, 0.2) is 0 Å². The van der Waals surface area contributed by atoms with Crippen LogP contribution in [0.4, 0.5) is 5.95 Å². The standard InChI is InChI=1S/C15H22N6O2/c22-13-8-10(9-20(13)11-4-2-1-3-5-11)14(23)16-15-17-18-19-21(15)12-6-7-12/h10-12H,1-9H2,(H,16,17,19,23). The molecule has 8 nitrogen and oxygen atoms in total. The number of hydrogen-bond acceptors (Lipinski definition) is 5. The zero-order valence-corrected chi connectivity index (χ0v) is 13.1. The lowest BCUT2D eigenvalue weighted by molar-refractivity contribution is -0.130. The van der Waals surface area contributed by atoms with Crippen LogP contribution in [-0.2, 0) is 9.59 Å². The molecule has 1 aromatic heterocycles. The summed E-state index contributed by atoms with van der Waals surface area (Å²) in [5, 5.41) is 14.3. The van der Waals surface area contributed by atoms with Gasteiger partial charge in [-0.05, 0) is 36.1 Å². The lowest BCUT2D eigenvalue weighted by Gasteiger charge is -2.31. The number of hydrogen-bond donors (Lipinski definition) is 1. The summed E-state index contributed by atoms with van der Waals surface area (Å²) in [4.78, 5) is 26.7. The number of rotatable bonds is 4. The van der Waals surface area contributed by atoms with Gasteiger partial charge in [-0.1, -0.05) is 24.4 Å². The molecular formula is C15H22N6O2. The molecule has 3 aliphatic rings. The molecule has 2 amide bonds. The Morgan fingerprint density at radius 2 is 1.87 bits per heavy atom. The second kappa shape index (κ2) is 5.90.